The molecule has 0 aliphatic rings. The number of benzene rings is 1. The second-order valence-corrected chi connectivity index (χ2v) is 3.75. The van der Waals surface area contributed by atoms with Crippen molar-refractivity contribution in [3.05, 3.63) is 27.7 Å². The maximum absolute atomic E-state index is 12.0. The van der Waals surface area contributed by atoms with Crippen molar-refractivity contribution in [3.63, 3.8) is 0 Å². The quantitative estimate of drug-likeness (QED) is 0.924. The topological polar surface area (TPSA) is 52.3 Å². The fourth-order valence-corrected chi connectivity index (χ4v) is 1.77. The van der Waals surface area contributed by atoms with E-state index in [4.69, 9.17) is 5.73 Å². The average molecular weight is 280 g/mol. The van der Waals surface area contributed by atoms with E-state index in [9.17, 15) is 13.6 Å². The molecule has 1 aromatic carbocycles. The molecule has 2 N–H and O–H groups in total. The number of aryl methyl sites for hydroxylation is 1. The summed E-state index contributed by atoms with van der Waals surface area (Å²) >= 11 is 3.11. The molecule has 0 saturated heterocycles. The molecule has 0 aliphatic heterocycles. The van der Waals surface area contributed by atoms with Crippen LogP contribution in [0.2, 0.25) is 0 Å². The highest BCUT2D eigenvalue weighted by molar-refractivity contribution is 9.10. The zero-order chi connectivity index (χ0) is 11.6. The predicted molar refractivity (Wildman–Crippen MR) is 54.0 cm³/mol. The molecule has 0 saturated carbocycles. The molecule has 6 heteroatoms. The molecule has 1 rings (SSSR count). The lowest BCUT2D eigenvalue weighted by atomic mass is 10.1. The molecular formula is C9H8BrF2NO2. The molecule has 1 aromatic rings. The SMILES string of the molecule is Cc1cc(Br)cc(OC(F)F)c1C(N)=O. The fraction of sp³-hybridized carbons (Fsp3) is 0.222. The summed E-state index contributed by atoms with van der Waals surface area (Å²) in [6.07, 6.45) is 0. The van der Waals surface area contributed by atoms with Crippen molar-refractivity contribution >= 4 is 21.8 Å². The third-order valence-corrected chi connectivity index (χ3v) is 2.18. The monoisotopic (exact) mass is 279 g/mol. The summed E-state index contributed by atoms with van der Waals surface area (Å²) < 4.78 is 28.8. The van der Waals surface area contributed by atoms with Crippen molar-refractivity contribution in [1.29, 1.82) is 0 Å². The third-order valence-electron chi connectivity index (χ3n) is 1.73. The van der Waals surface area contributed by atoms with Gasteiger partial charge in [-0.2, -0.15) is 8.78 Å². The van der Waals surface area contributed by atoms with Gasteiger partial charge < -0.3 is 10.5 Å². The standard InChI is InChI=1S/C9H8BrF2NO2/c1-4-2-5(10)3-6(15-9(11)12)7(4)8(13)14/h2-3,9H,1H3,(H2,13,14). The maximum atomic E-state index is 12.0. The minimum absolute atomic E-state index is 0.0292. The van der Waals surface area contributed by atoms with Crippen LogP contribution in [0, 0.1) is 6.92 Å². The van der Waals surface area contributed by atoms with E-state index in [1.165, 1.54) is 6.07 Å². The number of carbonyl (C=O) groups excluding carboxylic acids is 1. The van der Waals surface area contributed by atoms with Gasteiger partial charge in [-0.25, -0.2) is 0 Å². The van der Waals surface area contributed by atoms with Crippen LogP contribution < -0.4 is 10.5 Å². The highest BCUT2D eigenvalue weighted by Crippen LogP contribution is 2.28. The molecule has 0 aromatic heterocycles. The van der Waals surface area contributed by atoms with Crippen LogP contribution in [0.25, 0.3) is 0 Å². The van der Waals surface area contributed by atoms with E-state index in [2.05, 4.69) is 20.7 Å². The van der Waals surface area contributed by atoms with Gasteiger partial charge in [0.1, 0.15) is 5.75 Å². The summed E-state index contributed by atoms with van der Waals surface area (Å²) in [4.78, 5) is 11.0. The third kappa shape index (κ3) is 2.89. The van der Waals surface area contributed by atoms with E-state index in [-0.39, 0.29) is 11.3 Å². The molecule has 0 spiro atoms. The first-order valence-corrected chi connectivity index (χ1v) is 4.76. The van der Waals surface area contributed by atoms with E-state index < -0.39 is 12.5 Å². The van der Waals surface area contributed by atoms with Gasteiger partial charge in [0.15, 0.2) is 0 Å². The van der Waals surface area contributed by atoms with Crippen molar-refractivity contribution < 1.29 is 18.3 Å². The van der Waals surface area contributed by atoms with Gasteiger partial charge in [0, 0.05) is 4.47 Å². The van der Waals surface area contributed by atoms with Gasteiger partial charge in [-0.15, -0.1) is 0 Å². The molecule has 0 aliphatic carbocycles. The minimum atomic E-state index is -2.99. The highest BCUT2D eigenvalue weighted by atomic mass is 79.9. The Hall–Kier alpha value is -1.17. The number of primary amides is 1. The number of carbonyl (C=O) groups is 1. The molecule has 0 fully saturated rings. The zero-order valence-corrected chi connectivity index (χ0v) is 9.35. The van der Waals surface area contributed by atoms with Gasteiger partial charge in [0.05, 0.1) is 5.56 Å². The smallest absolute Gasteiger partial charge is 0.387 e. The number of halogens is 3. The Morgan fingerprint density at radius 3 is 2.60 bits per heavy atom. The zero-order valence-electron chi connectivity index (χ0n) is 7.76. The van der Waals surface area contributed by atoms with Crippen molar-refractivity contribution in [2.24, 2.45) is 5.73 Å². The summed E-state index contributed by atoms with van der Waals surface area (Å²) in [6.45, 7) is -1.40. The molecule has 0 bridgehead atoms. The maximum Gasteiger partial charge on any atom is 0.387 e. The molecule has 0 unspecified atom stereocenters. The van der Waals surface area contributed by atoms with Gasteiger partial charge >= 0.3 is 6.61 Å². The molecule has 82 valence electrons. The van der Waals surface area contributed by atoms with Crippen LogP contribution in [0.4, 0.5) is 8.78 Å². The molecule has 15 heavy (non-hydrogen) atoms. The van der Waals surface area contributed by atoms with Crippen LogP contribution in [0.5, 0.6) is 5.75 Å². The Labute approximate surface area is 93.3 Å². The van der Waals surface area contributed by atoms with Crippen molar-refractivity contribution in [2.75, 3.05) is 0 Å². The van der Waals surface area contributed by atoms with Gasteiger partial charge in [-0.1, -0.05) is 15.9 Å². The minimum Gasteiger partial charge on any atom is -0.434 e. The highest BCUT2D eigenvalue weighted by Gasteiger charge is 2.16. The number of amides is 1. The van der Waals surface area contributed by atoms with Gasteiger partial charge in [-0.3, -0.25) is 4.79 Å². The van der Waals surface area contributed by atoms with Crippen LogP contribution in [-0.4, -0.2) is 12.5 Å². The number of alkyl halides is 2. The van der Waals surface area contributed by atoms with Crippen LogP contribution in [0.15, 0.2) is 16.6 Å². The molecule has 0 radical (unpaired) electrons. The number of ether oxygens (including phenoxy) is 1. The lowest BCUT2D eigenvalue weighted by Crippen LogP contribution is -2.16. The second-order valence-electron chi connectivity index (χ2n) is 2.84. The molecular weight excluding hydrogens is 272 g/mol. The van der Waals surface area contributed by atoms with Gasteiger partial charge in [0.2, 0.25) is 0 Å². The van der Waals surface area contributed by atoms with E-state index in [0.29, 0.717) is 10.0 Å². The Morgan fingerprint density at radius 1 is 1.53 bits per heavy atom. The van der Waals surface area contributed by atoms with Crippen LogP contribution in [-0.2, 0) is 0 Å². The Kier molecular flexibility index (Phi) is 3.62. The predicted octanol–water partition coefficient (Wildman–Crippen LogP) is 2.46. The Morgan fingerprint density at radius 2 is 2.13 bits per heavy atom. The molecule has 0 heterocycles. The van der Waals surface area contributed by atoms with E-state index in [1.807, 2.05) is 0 Å². The van der Waals surface area contributed by atoms with Crippen LogP contribution >= 0.6 is 15.9 Å². The summed E-state index contributed by atoms with van der Waals surface area (Å²) in [5.74, 6) is -1.01. The van der Waals surface area contributed by atoms with Crippen molar-refractivity contribution in [1.82, 2.24) is 0 Å². The van der Waals surface area contributed by atoms with Crippen molar-refractivity contribution in [3.8, 4) is 5.75 Å². The lowest BCUT2D eigenvalue weighted by Gasteiger charge is -2.11. The van der Waals surface area contributed by atoms with Crippen LogP contribution in [0.3, 0.4) is 0 Å². The largest absolute Gasteiger partial charge is 0.434 e. The second kappa shape index (κ2) is 4.57. The number of rotatable bonds is 3. The first kappa shape index (κ1) is 11.9. The number of hydrogen-bond acceptors (Lipinski definition) is 2. The lowest BCUT2D eigenvalue weighted by molar-refractivity contribution is -0.0502. The molecule has 1 amide bonds. The summed E-state index contributed by atoms with van der Waals surface area (Å²) in [5, 5.41) is 0. The summed E-state index contributed by atoms with van der Waals surface area (Å²) in [5.41, 5.74) is 5.51. The van der Waals surface area contributed by atoms with Gasteiger partial charge in [0.25, 0.3) is 5.91 Å². The van der Waals surface area contributed by atoms with Gasteiger partial charge in [-0.05, 0) is 24.6 Å². The van der Waals surface area contributed by atoms with Crippen molar-refractivity contribution in [2.45, 2.75) is 13.5 Å². The molecule has 0 atom stereocenters. The van der Waals surface area contributed by atoms with E-state index in [1.54, 1.807) is 13.0 Å². The van der Waals surface area contributed by atoms with E-state index >= 15 is 0 Å². The Balaban J connectivity index is 3.27. The summed E-state index contributed by atoms with van der Waals surface area (Å²) in [6, 6.07) is 2.87. The first-order valence-electron chi connectivity index (χ1n) is 3.96. The normalized spacial score (nSPS) is 10.5. The Bertz CT molecular complexity index is 396. The number of nitrogens with two attached hydrogens (primary N) is 1. The van der Waals surface area contributed by atoms with E-state index in [0.717, 1.165) is 0 Å². The average Bonchev–Trinajstić information content (AvgIpc) is 1.99. The summed E-state index contributed by atoms with van der Waals surface area (Å²) in [7, 11) is 0. The fourth-order valence-electron chi connectivity index (χ4n) is 1.22. The van der Waals surface area contributed by atoms with Crippen LogP contribution in [0.1, 0.15) is 15.9 Å². The first-order chi connectivity index (χ1) is 6.91. The number of hydrogen-bond donors (Lipinski definition) is 1. The molecule has 3 nitrogen and oxygen atoms in total.